The molecule has 1 fully saturated rings. The molecule has 1 aliphatic rings. The highest BCUT2D eigenvalue weighted by Crippen LogP contribution is 2.40. The lowest BCUT2D eigenvalue weighted by Gasteiger charge is -2.23. The molecular formula is C29H29ClN6O3. The predicted molar refractivity (Wildman–Crippen MR) is 150 cm³/mol. The maximum absolute atomic E-state index is 12.9. The van der Waals surface area contributed by atoms with Gasteiger partial charge in [-0.3, -0.25) is 9.78 Å². The van der Waals surface area contributed by atoms with Crippen LogP contribution in [-0.2, 0) is 0 Å². The lowest BCUT2D eigenvalue weighted by Crippen LogP contribution is -2.33. The molecule has 0 saturated heterocycles. The summed E-state index contributed by atoms with van der Waals surface area (Å²) < 4.78 is 7.67. The number of amides is 3. The van der Waals surface area contributed by atoms with Crippen LogP contribution in [-0.4, -0.2) is 33.8 Å². The molecule has 39 heavy (non-hydrogen) atoms. The Bertz CT molecular complexity index is 1530. The first-order valence-electron chi connectivity index (χ1n) is 12.8. The lowest BCUT2D eigenvalue weighted by atomic mass is 10.0. The third-order valence-electron chi connectivity index (χ3n) is 6.77. The van der Waals surface area contributed by atoms with E-state index in [4.69, 9.17) is 27.2 Å². The van der Waals surface area contributed by atoms with E-state index in [1.54, 1.807) is 28.9 Å². The van der Waals surface area contributed by atoms with Gasteiger partial charge in [0, 0.05) is 37.4 Å². The number of rotatable bonds is 7. The van der Waals surface area contributed by atoms with Crippen molar-refractivity contribution >= 4 is 35.0 Å². The number of nitrogens with two attached hydrogens (primary N) is 1. The van der Waals surface area contributed by atoms with E-state index >= 15 is 0 Å². The highest BCUT2D eigenvalue weighted by molar-refractivity contribution is 6.34. The van der Waals surface area contributed by atoms with Crippen molar-refractivity contribution in [2.45, 2.75) is 38.5 Å². The Morgan fingerprint density at radius 3 is 2.54 bits per heavy atom. The first-order chi connectivity index (χ1) is 18.8. The summed E-state index contributed by atoms with van der Waals surface area (Å²) in [6.07, 6.45) is 5.92. The number of urea groups is 1. The van der Waals surface area contributed by atoms with Crippen LogP contribution in [0.2, 0.25) is 5.02 Å². The number of pyridine rings is 1. The van der Waals surface area contributed by atoms with Crippen LogP contribution in [0.25, 0.3) is 5.69 Å². The Labute approximate surface area is 231 Å². The number of carbonyl (C=O) groups excluding carboxylic acids is 2. The molecule has 2 heterocycles. The molecule has 5 rings (SSSR count). The maximum atomic E-state index is 12.9. The Morgan fingerprint density at radius 1 is 1.08 bits per heavy atom. The SMILES string of the molecule is CNC(=O)c1cc(Oc2ccc(N(C(N)=O)c3cc(C4CCCC4)nn3-c3cccc(C)c3)c(Cl)c2)ccn1. The highest BCUT2D eigenvalue weighted by Gasteiger charge is 2.28. The summed E-state index contributed by atoms with van der Waals surface area (Å²) in [4.78, 5) is 30.2. The summed E-state index contributed by atoms with van der Waals surface area (Å²) in [6, 6.07) is 17.3. The van der Waals surface area contributed by atoms with Crippen molar-refractivity contribution < 1.29 is 14.3 Å². The zero-order chi connectivity index (χ0) is 27.5. The van der Waals surface area contributed by atoms with Crippen molar-refractivity contribution in [2.75, 3.05) is 11.9 Å². The second-order valence-electron chi connectivity index (χ2n) is 9.50. The number of anilines is 2. The largest absolute Gasteiger partial charge is 0.457 e. The van der Waals surface area contributed by atoms with Gasteiger partial charge in [-0.15, -0.1) is 0 Å². The zero-order valence-corrected chi connectivity index (χ0v) is 22.5. The van der Waals surface area contributed by atoms with Crippen molar-refractivity contribution in [3.8, 4) is 17.2 Å². The van der Waals surface area contributed by atoms with Gasteiger partial charge >= 0.3 is 6.03 Å². The van der Waals surface area contributed by atoms with Gasteiger partial charge in [0.15, 0.2) is 0 Å². The van der Waals surface area contributed by atoms with Gasteiger partial charge in [0.1, 0.15) is 23.0 Å². The molecule has 9 nitrogen and oxygen atoms in total. The first kappa shape index (κ1) is 26.2. The normalized spacial score (nSPS) is 13.3. The molecule has 2 aromatic heterocycles. The number of carbonyl (C=O) groups is 2. The molecule has 10 heteroatoms. The summed E-state index contributed by atoms with van der Waals surface area (Å²) in [5.74, 6) is 1.35. The third kappa shape index (κ3) is 5.58. The van der Waals surface area contributed by atoms with Crippen molar-refractivity contribution in [2.24, 2.45) is 5.73 Å². The number of ether oxygens (including phenoxy) is 1. The maximum Gasteiger partial charge on any atom is 0.325 e. The molecule has 3 amide bonds. The fourth-order valence-electron chi connectivity index (χ4n) is 4.87. The first-order valence-corrected chi connectivity index (χ1v) is 13.1. The van der Waals surface area contributed by atoms with Gasteiger partial charge in [0.2, 0.25) is 0 Å². The van der Waals surface area contributed by atoms with Crippen LogP contribution < -0.4 is 20.7 Å². The standard InChI is InChI=1S/C29H29ClN6O3/c1-18-6-5-9-20(14-18)36-27(17-24(34-36)19-7-3-4-8-19)35(29(31)38)26-11-10-21(15-23(26)30)39-22-12-13-33-25(16-22)28(37)32-2/h5-6,9-17,19H,3-4,7-8H2,1-2H3,(H2,31,38)(H,32,37). The van der Waals surface area contributed by atoms with Crippen molar-refractivity contribution in [1.82, 2.24) is 20.1 Å². The van der Waals surface area contributed by atoms with Gasteiger partial charge in [-0.05, 0) is 55.7 Å². The molecule has 0 unspecified atom stereocenters. The van der Waals surface area contributed by atoms with E-state index in [0.29, 0.717) is 28.9 Å². The number of hydrogen-bond acceptors (Lipinski definition) is 5. The van der Waals surface area contributed by atoms with Gasteiger partial charge in [-0.2, -0.15) is 5.10 Å². The third-order valence-corrected chi connectivity index (χ3v) is 7.07. The minimum atomic E-state index is -0.693. The molecular weight excluding hydrogens is 516 g/mol. The minimum Gasteiger partial charge on any atom is -0.457 e. The average Bonchev–Trinajstić information content (AvgIpc) is 3.60. The predicted octanol–water partition coefficient (Wildman–Crippen LogP) is 6.26. The molecule has 1 aliphatic carbocycles. The fourth-order valence-corrected chi connectivity index (χ4v) is 5.12. The number of nitrogens with one attached hydrogen (secondary N) is 1. The van der Waals surface area contributed by atoms with Crippen molar-refractivity contribution in [1.29, 1.82) is 0 Å². The van der Waals surface area contributed by atoms with Crippen LogP contribution in [0.15, 0.2) is 66.9 Å². The average molecular weight is 545 g/mol. The van der Waals surface area contributed by atoms with Crippen LogP contribution in [0.5, 0.6) is 11.5 Å². The van der Waals surface area contributed by atoms with Gasteiger partial charge < -0.3 is 15.8 Å². The number of aromatic nitrogens is 3. The molecule has 0 bridgehead atoms. The molecule has 2 aromatic carbocycles. The van der Waals surface area contributed by atoms with Crippen LogP contribution in [0.3, 0.4) is 0 Å². The molecule has 0 aliphatic heterocycles. The minimum absolute atomic E-state index is 0.222. The Kier molecular flexibility index (Phi) is 7.51. The molecule has 0 atom stereocenters. The molecule has 4 aromatic rings. The van der Waals surface area contributed by atoms with E-state index in [0.717, 1.165) is 42.6 Å². The quantitative estimate of drug-likeness (QED) is 0.285. The van der Waals surface area contributed by atoms with E-state index in [1.807, 2.05) is 37.3 Å². The number of aryl methyl sites for hydroxylation is 1. The van der Waals surface area contributed by atoms with E-state index in [1.165, 1.54) is 24.2 Å². The van der Waals surface area contributed by atoms with Gasteiger partial charge in [0.05, 0.1) is 22.1 Å². The van der Waals surface area contributed by atoms with Gasteiger partial charge in [-0.25, -0.2) is 14.4 Å². The molecule has 3 N–H and O–H groups in total. The second kappa shape index (κ2) is 11.2. The Hall–Kier alpha value is -4.37. The monoisotopic (exact) mass is 544 g/mol. The van der Waals surface area contributed by atoms with Gasteiger partial charge in [-0.1, -0.05) is 36.6 Å². The topological polar surface area (TPSA) is 115 Å². The van der Waals surface area contributed by atoms with Gasteiger partial charge in [0.25, 0.3) is 5.91 Å². The summed E-state index contributed by atoms with van der Waals surface area (Å²) in [7, 11) is 1.53. The molecule has 0 radical (unpaired) electrons. The molecule has 0 spiro atoms. The van der Waals surface area contributed by atoms with Crippen LogP contribution in [0.4, 0.5) is 16.3 Å². The van der Waals surface area contributed by atoms with E-state index in [9.17, 15) is 9.59 Å². The number of halogens is 1. The number of hydrogen-bond donors (Lipinski definition) is 2. The fraction of sp³-hybridized carbons (Fsp3) is 0.241. The molecule has 1 saturated carbocycles. The van der Waals surface area contributed by atoms with Crippen LogP contribution >= 0.6 is 11.6 Å². The summed E-state index contributed by atoms with van der Waals surface area (Å²) in [5, 5.41) is 7.71. The smallest absolute Gasteiger partial charge is 0.325 e. The molecule has 200 valence electrons. The summed E-state index contributed by atoms with van der Waals surface area (Å²) in [6.45, 7) is 2.01. The van der Waals surface area contributed by atoms with E-state index in [2.05, 4.69) is 10.3 Å². The second-order valence-corrected chi connectivity index (χ2v) is 9.91. The summed E-state index contributed by atoms with van der Waals surface area (Å²) >= 11 is 6.71. The zero-order valence-electron chi connectivity index (χ0n) is 21.7. The van der Waals surface area contributed by atoms with Crippen molar-refractivity contribution in [3.05, 3.63) is 88.8 Å². The van der Waals surface area contributed by atoms with Crippen LogP contribution in [0.1, 0.15) is 53.3 Å². The van der Waals surface area contributed by atoms with E-state index < -0.39 is 6.03 Å². The highest BCUT2D eigenvalue weighted by atomic mass is 35.5. The Morgan fingerprint density at radius 2 is 1.85 bits per heavy atom. The van der Waals surface area contributed by atoms with Crippen molar-refractivity contribution in [3.63, 3.8) is 0 Å². The lowest BCUT2D eigenvalue weighted by molar-refractivity contribution is 0.0957. The summed E-state index contributed by atoms with van der Waals surface area (Å²) in [5.41, 5.74) is 9.37. The van der Waals surface area contributed by atoms with E-state index in [-0.39, 0.29) is 16.6 Å². The number of primary amides is 1. The Balaban J connectivity index is 1.52. The van der Waals surface area contributed by atoms with Crippen LogP contribution in [0, 0.1) is 6.92 Å². The number of benzene rings is 2. The number of nitrogens with zero attached hydrogens (tertiary/aromatic N) is 4.